The highest BCUT2D eigenvalue weighted by Crippen LogP contribution is 2.20. The molecular weight excluding hydrogens is 182 g/mol. The van der Waals surface area contributed by atoms with Crippen LogP contribution >= 0.6 is 11.6 Å². The van der Waals surface area contributed by atoms with Gasteiger partial charge in [-0.25, -0.2) is 0 Å². The van der Waals surface area contributed by atoms with Crippen molar-refractivity contribution in [3.63, 3.8) is 0 Å². The summed E-state index contributed by atoms with van der Waals surface area (Å²) in [6.07, 6.45) is 1.98. The minimum atomic E-state index is 0.535. The topological polar surface area (TPSA) is 15.8 Å². The average Bonchev–Trinajstić information content (AvgIpc) is 2.67. The van der Waals surface area contributed by atoms with Gasteiger partial charge in [0.25, 0.3) is 0 Å². The van der Waals surface area contributed by atoms with Crippen LogP contribution in [0.25, 0.3) is 11.1 Å². The Morgan fingerprint density at radius 1 is 1.08 bits per heavy atom. The number of nitrogens with one attached hydrogen (secondary N) is 1. The number of aromatic nitrogens is 1. The molecule has 0 amide bonds. The molecule has 0 unspecified atom stereocenters. The molecule has 1 heterocycles. The summed E-state index contributed by atoms with van der Waals surface area (Å²) >= 11 is 5.70. The van der Waals surface area contributed by atoms with Crippen LogP contribution in [0.3, 0.4) is 0 Å². The first-order valence-electron chi connectivity index (χ1n) is 4.19. The predicted octanol–water partition coefficient (Wildman–Crippen LogP) is 3.42. The fourth-order valence-electron chi connectivity index (χ4n) is 1.32. The van der Waals surface area contributed by atoms with Crippen LogP contribution in [0, 0.1) is 0 Å². The van der Waals surface area contributed by atoms with Crippen molar-refractivity contribution < 1.29 is 0 Å². The third kappa shape index (κ3) is 1.76. The molecule has 1 aromatic heterocycles. The lowest BCUT2D eigenvalue weighted by Gasteiger charge is -1.94. The van der Waals surface area contributed by atoms with Gasteiger partial charge in [0.05, 0.1) is 5.88 Å². The smallest absolute Gasteiger partial charge is 0.0625 e. The maximum Gasteiger partial charge on any atom is 0.0625 e. The normalized spacial score (nSPS) is 10.2. The fourth-order valence-corrected chi connectivity index (χ4v) is 1.47. The van der Waals surface area contributed by atoms with Gasteiger partial charge >= 0.3 is 0 Å². The van der Waals surface area contributed by atoms with Crippen LogP contribution < -0.4 is 0 Å². The summed E-state index contributed by atoms with van der Waals surface area (Å²) in [4.78, 5) is 3.12. The molecule has 0 aliphatic rings. The predicted molar refractivity (Wildman–Crippen MR) is 55.8 cm³/mol. The Kier molecular flexibility index (Phi) is 2.37. The number of hydrogen-bond donors (Lipinski definition) is 1. The van der Waals surface area contributed by atoms with E-state index in [1.807, 2.05) is 24.4 Å². The zero-order chi connectivity index (χ0) is 9.10. The van der Waals surface area contributed by atoms with Gasteiger partial charge in [0.2, 0.25) is 0 Å². The van der Waals surface area contributed by atoms with Gasteiger partial charge in [-0.15, -0.1) is 11.6 Å². The fraction of sp³-hybridized carbons (Fsp3) is 0.0909. The van der Waals surface area contributed by atoms with E-state index in [9.17, 15) is 0 Å². The Bertz CT molecular complexity index is 378. The summed E-state index contributed by atoms with van der Waals surface area (Å²) in [5.74, 6) is 0.535. The number of H-pyrrole nitrogens is 1. The summed E-state index contributed by atoms with van der Waals surface area (Å²) in [6, 6.07) is 12.3. The van der Waals surface area contributed by atoms with E-state index < -0.39 is 0 Å². The Hall–Kier alpha value is -1.21. The maximum absolute atomic E-state index is 5.70. The first kappa shape index (κ1) is 8.39. The number of halogens is 1. The van der Waals surface area contributed by atoms with Crippen molar-refractivity contribution in [1.29, 1.82) is 0 Å². The second kappa shape index (κ2) is 3.67. The minimum absolute atomic E-state index is 0.535. The van der Waals surface area contributed by atoms with E-state index >= 15 is 0 Å². The number of aromatic amines is 1. The third-order valence-corrected chi connectivity index (χ3v) is 2.28. The monoisotopic (exact) mass is 191 g/mol. The molecule has 2 rings (SSSR count). The summed E-state index contributed by atoms with van der Waals surface area (Å²) in [5.41, 5.74) is 3.46. The van der Waals surface area contributed by atoms with Gasteiger partial charge < -0.3 is 4.98 Å². The van der Waals surface area contributed by atoms with Gasteiger partial charge in [0.1, 0.15) is 0 Å². The molecule has 0 saturated carbocycles. The lowest BCUT2D eigenvalue weighted by Crippen LogP contribution is -1.71. The van der Waals surface area contributed by atoms with Crippen LogP contribution in [0.5, 0.6) is 0 Å². The molecule has 0 bridgehead atoms. The average molecular weight is 192 g/mol. The van der Waals surface area contributed by atoms with Crippen molar-refractivity contribution in [2.45, 2.75) is 5.88 Å². The van der Waals surface area contributed by atoms with Gasteiger partial charge in [-0.1, -0.05) is 30.3 Å². The highest BCUT2D eigenvalue weighted by molar-refractivity contribution is 6.16. The Morgan fingerprint density at radius 2 is 1.85 bits per heavy atom. The van der Waals surface area contributed by atoms with Crippen LogP contribution in [0.4, 0.5) is 0 Å². The van der Waals surface area contributed by atoms with E-state index in [-0.39, 0.29) is 0 Å². The van der Waals surface area contributed by atoms with Gasteiger partial charge in [0, 0.05) is 11.9 Å². The van der Waals surface area contributed by atoms with Crippen molar-refractivity contribution in [3.8, 4) is 11.1 Å². The lowest BCUT2D eigenvalue weighted by atomic mass is 10.1. The molecule has 1 nitrogen and oxygen atoms in total. The maximum atomic E-state index is 5.70. The molecular formula is C11H10ClN. The molecule has 2 aromatic rings. The quantitative estimate of drug-likeness (QED) is 0.701. The number of rotatable bonds is 2. The first-order chi connectivity index (χ1) is 6.40. The van der Waals surface area contributed by atoms with E-state index in [2.05, 4.69) is 23.2 Å². The largest absolute Gasteiger partial charge is 0.363 e. The molecule has 0 aliphatic carbocycles. The molecule has 66 valence electrons. The lowest BCUT2D eigenvalue weighted by molar-refractivity contribution is 1.23. The van der Waals surface area contributed by atoms with Crippen molar-refractivity contribution in [2.75, 3.05) is 0 Å². The van der Waals surface area contributed by atoms with Crippen molar-refractivity contribution in [2.24, 2.45) is 0 Å². The van der Waals surface area contributed by atoms with E-state index in [1.54, 1.807) is 0 Å². The van der Waals surface area contributed by atoms with Crippen LogP contribution in [-0.2, 0) is 5.88 Å². The summed E-state index contributed by atoms with van der Waals surface area (Å²) in [6.45, 7) is 0. The molecule has 0 fully saturated rings. The van der Waals surface area contributed by atoms with Gasteiger partial charge in [-0.2, -0.15) is 0 Å². The second-order valence-corrected chi connectivity index (χ2v) is 3.18. The van der Waals surface area contributed by atoms with Crippen LogP contribution in [0.15, 0.2) is 42.6 Å². The number of hydrogen-bond acceptors (Lipinski definition) is 0. The summed E-state index contributed by atoms with van der Waals surface area (Å²) in [5, 5.41) is 0. The first-order valence-corrected chi connectivity index (χ1v) is 4.72. The zero-order valence-electron chi connectivity index (χ0n) is 7.13. The molecule has 0 aliphatic heterocycles. The molecule has 0 atom stereocenters. The van der Waals surface area contributed by atoms with Crippen LogP contribution in [-0.4, -0.2) is 4.98 Å². The molecule has 1 N–H and O–H groups in total. The summed E-state index contributed by atoms with van der Waals surface area (Å²) < 4.78 is 0. The highest BCUT2D eigenvalue weighted by atomic mass is 35.5. The third-order valence-electron chi connectivity index (χ3n) is 1.99. The molecule has 0 radical (unpaired) electrons. The second-order valence-electron chi connectivity index (χ2n) is 2.91. The van der Waals surface area contributed by atoms with Gasteiger partial charge in [-0.3, -0.25) is 0 Å². The van der Waals surface area contributed by atoms with Gasteiger partial charge in [-0.05, 0) is 17.2 Å². The zero-order valence-corrected chi connectivity index (χ0v) is 7.88. The molecule has 2 heteroatoms. The van der Waals surface area contributed by atoms with Crippen LogP contribution in [0.1, 0.15) is 5.69 Å². The summed E-state index contributed by atoms with van der Waals surface area (Å²) in [7, 11) is 0. The number of alkyl halides is 1. The highest BCUT2D eigenvalue weighted by Gasteiger charge is 1.99. The van der Waals surface area contributed by atoms with Crippen molar-refractivity contribution in [3.05, 3.63) is 48.3 Å². The molecule has 0 saturated heterocycles. The van der Waals surface area contributed by atoms with E-state index in [1.165, 1.54) is 11.1 Å². The Labute approximate surface area is 82.4 Å². The molecule has 1 aromatic carbocycles. The van der Waals surface area contributed by atoms with Crippen LogP contribution in [0.2, 0.25) is 0 Å². The minimum Gasteiger partial charge on any atom is -0.363 e. The Balaban J connectivity index is 2.36. The number of benzene rings is 1. The van der Waals surface area contributed by atoms with Crippen molar-refractivity contribution in [1.82, 2.24) is 4.98 Å². The van der Waals surface area contributed by atoms with Gasteiger partial charge in [0.15, 0.2) is 0 Å². The SMILES string of the molecule is ClCc1cc(-c2ccccc2)c[nH]1. The molecule has 13 heavy (non-hydrogen) atoms. The van der Waals surface area contributed by atoms with E-state index in [4.69, 9.17) is 11.6 Å². The van der Waals surface area contributed by atoms with Crippen molar-refractivity contribution >= 4 is 11.6 Å². The van der Waals surface area contributed by atoms with E-state index in [0.29, 0.717) is 5.88 Å². The standard InChI is InChI=1S/C11H10ClN/c12-7-11-6-10(8-13-11)9-4-2-1-3-5-9/h1-6,8,13H,7H2. The Morgan fingerprint density at radius 3 is 2.46 bits per heavy atom. The molecule has 0 spiro atoms. The van der Waals surface area contributed by atoms with E-state index in [0.717, 1.165) is 5.69 Å².